The molecular formula is C25H34N2O7. The number of nitrogens with zero attached hydrogens (tertiary/aromatic N) is 2. The fraction of sp³-hybridized carbons (Fsp3) is 0.440. The predicted octanol–water partition coefficient (Wildman–Crippen LogP) is 2.80. The third-order valence-electron chi connectivity index (χ3n) is 5.72. The van der Waals surface area contributed by atoms with Crippen LogP contribution in [0.1, 0.15) is 22.3 Å². The molecule has 1 saturated heterocycles. The zero-order chi connectivity index (χ0) is 25.3. The zero-order valence-corrected chi connectivity index (χ0v) is 20.5. The van der Waals surface area contributed by atoms with Crippen molar-refractivity contribution >= 4 is 11.9 Å². The van der Waals surface area contributed by atoms with E-state index in [-0.39, 0.29) is 0 Å². The summed E-state index contributed by atoms with van der Waals surface area (Å²) in [5.41, 5.74) is 5.27. The van der Waals surface area contributed by atoms with Gasteiger partial charge in [0.25, 0.3) is 0 Å². The number of hydrogen-bond donors (Lipinski definition) is 2. The Morgan fingerprint density at radius 1 is 0.735 bits per heavy atom. The van der Waals surface area contributed by atoms with Crippen molar-refractivity contribution in [1.29, 1.82) is 0 Å². The van der Waals surface area contributed by atoms with Gasteiger partial charge in [-0.1, -0.05) is 23.8 Å². The minimum atomic E-state index is -1.82. The largest absolute Gasteiger partial charge is 0.496 e. The lowest BCUT2D eigenvalue weighted by atomic mass is 10.0. The Hall–Kier alpha value is -3.30. The van der Waals surface area contributed by atoms with E-state index in [0.29, 0.717) is 5.75 Å². The Morgan fingerprint density at radius 3 is 1.65 bits per heavy atom. The Labute approximate surface area is 200 Å². The number of ether oxygens (including phenoxy) is 3. The average molecular weight is 475 g/mol. The summed E-state index contributed by atoms with van der Waals surface area (Å²) in [5, 5.41) is 14.8. The molecule has 2 aromatic rings. The highest BCUT2D eigenvalue weighted by molar-refractivity contribution is 6.27. The number of benzene rings is 2. The summed E-state index contributed by atoms with van der Waals surface area (Å²) in [5.74, 6) is -1.37. The first-order valence-corrected chi connectivity index (χ1v) is 10.9. The smallest absolute Gasteiger partial charge is 0.414 e. The highest BCUT2D eigenvalue weighted by Crippen LogP contribution is 2.35. The summed E-state index contributed by atoms with van der Waals surface area (Å²) < 4.78 is 16.4. The highest BCUT2D eigenvalue weighted by Gasteiger charge is 2.20. The number of carbonyl (C=O) groups is 2. The molecule has 1 fully saturated rings. The van der Waals surface area contributed by atoms with E-state index < -0.39 is 11.9 Å². The lowest BCUT2D eigenvalue weighted by Crippen LogP contribution is -2.45. The lowest BCUT2D eigenvalue weighted by molar-refractivity contribution is -0.159. The van der Waals surface area contributed by atoms with Gasteiger partial charge in [0, 0.05) is 50.9 Å². The van der Waals surface area contributed by atoms with E-state index in [1.54, 1.807) is 21.3 Å². The number of methoxy groups -OCH3 is 3. The monoisotopic (exact) mass is 474 g/mol. The minimum Gasteiger partial charge on any atom is -0.496 e. The van der Waals surface area contributed by atoms with Crippen LogP contribution in [0, 0.1) is 13.8 Å². The van der Waals surface area contributed by atoms with Gasteiger partial charge < -0.3 is 24.4 Å². The van der Waals surface area contributed by atoms with E-state index in [4.69, 9.17) is 34.0 Å². The van der Waals surface area contributed by atoms with E-state index in [9.17, 15) is 0 Å². The van der Waals surface area contributed by atoms with Crippen molar-refractivity contribution in [2.75, 3.05) is 47.5 Å². The van der Waals surface area contributed by atoms with Crippen molar-refractivity contribution in [2.45, 2.75) is 26.9 Å². The molecule has 0 spiro atoms. The van der Waals surface area contributed by atoms with Gasteiger partial charge in [0.15, 0.2) is 11.5 Å². The van der Waals surface area contributed by atoms with Gasteiger partial charge in [-0.05, 0) is 31.0 Å². The molecule has 0 saturated carbocycles. The maximum Gasteiger partial charge on any atom is 0.414 e. The van der Waals surface area contributed by atoms with Gasteiger partial charge in [-0.2, -0.15) is 0 Å². The SMILES string of the molecule is COc1cc(OC)c(OC)cc1CN1CCN(Cc2ccc(C)cc2C)CC1.O=C(O)C(=O)O. The Kier molecular flexibility index (Phi) is 10.2. The third-order valence-corrected chi connectivity index (χ3v) is 5.72. The van der Waals surface area contributed by atoms with E-state index >= 15 is 0 Å². The van der Waals surface area contributed by atoms with Crippen molar-refractivity contribution < 1.29 is 34.0 Å². The van der Waals surface area contributed by atoms with Crippen LogP contribution in [-0.4, -0.2) is 79.5 Å². The summed E-state index contributed by atoms with van der Waals surface area (Å²) in [6, 6.07) is 10.7. The molecule has 186 valence electrons. The van der Waals surface area contributed by atoms with Gasteiger partial charge in [0.05, 0.1) is 21.3 Å². The third kappa shape index (κ3) is 7.64. The van der Waals surface area contributed by atoms with Crippen molar-refractivity contribution in [2.24, 2.45) is 0 Å². The highest BCUT2D eigenvalue weighted by atomic mass is 16.5. The molecule has 3 rings (SSSR count). The van der Waals surface area contributed by atoms with Gasteiger partial charge in [-0.25, -0.2) is 9.59 Å². The molecule has 34 heavy (non-hydrogen) atoms. The van der Waals surface area contributed by atoms with Crippen LogP contribution in [0.3, 0.4) is 0 Å². The molecule has 0 aromatic heterocycles. The van der Waals surface area contributed by atoms with Gasteiger partial charge in [0.1, 0.15) is 5.75 Å². The summed E-state index contributed by atoms with van der Waals surface area (Å²) in [4.78, 5) is 23.2. The maximum absolute atomic E-state index is 9.10. The Bertz CT molecular complexity index is 973. The van der Waals surface area contributed by atoms with Crippen molar-refractivity contribution in [3.63, 3.8) is 0 Å². The topological polar surface area (TPSA) is 109 Å². The molecule has 0 unspecified atom stereocenters. The molecule has 2 aromatic carbocycles. The average Bonchev–Trinajstić information content (AvgIpc) is 2.82. The van der Waals surface area contributed by atoms with Crippen LogP contribution in [0.15, 0.2) is 30.3 Å². The molecule has 0 aliphatic carbocycles. The van der Waals surface area contributed by atoms with Crippen LogP contribution in [0.25, 0.3) is 0 Å². The predicted molar refractivity (Wildman–Crippen MR) is 128 cm³/mol. The van der Waals surface area contributed by atoms with E-state index in [0.717, 1.165) is 56.3 Å². The second kappa shape index (κ2) is 12.8. The lowest BCUT2D eigenvalue weighted by Gasteiger charge is -2.35. The quantitative estimate of drug-likeness (QED) is 0.586. The number of aryl methyl sites for hydroxylation is 2. The van der Waals surface area contributed by atoms with Crippen LogP contribution in [0.4, 0.5) is 0 Å². The maximum atomic E-state index is 9.10. The molecule has 0 atom stereocenters. The molecule has 9 heteroatoms. The molecule has 1 heterocycles. The summed E-state index contributed by atoms with van der Waals surface area (Å²) in [6.45, 7) is 10.5. The van der Waals surface area contributed by atoms with Crippen LogP contribution in [-0.2, 0) is 22.7 Å². The number of hydrogen-bond acceptors (Lipinski definition) is 7. The molecule has 1 aliphatic heterocycles. The van der Waals surface area contributed by atoms with Gasteiger partial charge >= 0.3 is 11.9 Å². The molecule has 0 amide bonds. The van der Waals surface area contributed by atoms with Crippen LogP contribution >= 0.6 is 0 Å². The normalized spacial score (nSPS) is 14.0. The van der Waals surface area contributed by atoms with Crippen molar-refractivity contribution in [3.8, 4) is 17.2 Å². The number of carboxylic acids is 2. The van der Waals surface area contributed by atoms with E-state index in [1.165, 1.54) is 16.7 Å². The number of rotatable bonds is 7. The first kappa shape index (κ1) is 26.9. The minimum absolute atomic E-state index is 0.696. The summed E-state index contributed by atoms with van der Waals surface area (Å²) in [6.07, 6.45) is 0. The summed E-state index contributed by atoms with van der Waals surface area (Å²) >= 11 is 0. The first-order chi connectivity index (χ1) is 16.2. The number of piperazine rings is 1. The molecule has 9 nitrogen and oxygen atoms in total. The molecule has 1 aliphatic rings. The van der Waals surface area contributed by atoms with Crippen LogP contribution in [0.5, 0.6) is 17.2 Å². The molecule has 2 N–H and O–H groups in total. The zero-order valence-electron chi connectivity index (χ0n) is 20.5. The van der Waals surface area contributed by atoms with E-state index in [2.05, 4.69) is 41.8 Å². The second-order valence-corrected chi connectivity index (χ2v) is 8.11. The standard InChI is InChI=1S/C23H32N2O3.C2H2O4/c1-17-6-7-19(18(2)12-17)15-24-8-10-25(11-9-24)16-20-13-22(27-4)23(28-5)14-21(20)26-3;3-1(4)2(5)6/h6-7,12-14H,8-11,15-16H2,1-5H3;(H,3,4)(H,5,6). The number of carboxylic acid groups (broad SMARTS) is 2. The van der Waals surface area contributed by atoms with E-state index in [1.807, 2.05) is 12.1 Å². The Morgan fingerprint density at radius 2 is 1.21 bits per heavy atom. The second-order valence-electron chi connectivity index (χ2n) is 8.11. The van der Waals surface area contributed by atoms with Crippen LogP contribution < -0.4 is 14.2 Å². The molecular weight excluding hydrogens is 440 g/mol. The molecule has 0 radical (unpaired) electrons. The fourth-order valence-corrected chi connectivity index (χ4v) is 3.83. The first-order valence-electron chi connectivity index (χ1n) is 10.9. The number of aliphatic carboxylic acids is 2. The van der Waals surface area contributed by atoms with Gasteiger partial charge in [-0.15, -0.1) is 0 Å². The summed E-state index contributed by atoms with van der Waals surface area (Å²) in [7, 11) is 5.01. The van der Waals surface area contributed by atoms with Crippen molar-refractivity contribution in [1.82, 2.24) is 9.80 Å². The van der Waals surface area contributed by atoms with Gasteiger partial charge in [-0.3, -0.25) is 9.80 Å². The van der Waals surface area contributed by atoms with Crippen molar-refractivity contribution in [3.05, 3.63) is 52.6 Å². The van der Waals surface area contributed by atoms with Crippen LogP contribution in [0.2, 0.25) is 0 Å². The van der Waals surface area contributed by atoms with Gasteiger partial charge in [0.2, 0.25) is 0 Å². The Balaban J connectivity index is 0.000000604. The fourth-order valence-electron chi connectivity index (χ4n) is 3.83. The molecule has 0 bridgehead atoms.